The van der Waals surface area contributed by atoms with Crippen molar-refractivity contribution in [1.82, 2.24) is 0 Å². The lowest BCUT2D eigenvalue weighted by Gasteiger charge is -2.11. The molecule has 0 aromatic carbocycles. The summed E-state index contributed by atoms with van der Waals surface area (Å²) < 4.78 is 0. The van der Waals surface area contributed by atoms with Crippen molar-refractivity contribution in [3.8, 4) is 0 Å². The first-order valence-corrected chi connectivity index (χ1v) is 5.17. The molecule has 0 aliphatic heterocycles. The largest absolute Gasteiger partial charge is 0.396 e. The average molecular weight is 172 g/mol. The molecular weight excluding hydrogens is 148 g/mol. The van der Waals surface area contributed by atoms with Crippen molar-refractivity contribution >= 4 is 0 Å². The molecule has 0 aromatic rings. The first-order valence-electron chi connectivity index (χ1n) is 5.17. The quantitative estimate of drug-likeness (QED) is 0.594. The second kappa shape index (κ2) is 6.47. The lowest BCUT2D eigenvalue weighted by molar-refractivity contribution is 0.177. The maximum absolute atomic E-state index is 8.40. The van der Waals surface area contributed by atoms with E-state index in [9.17, 15) is 0 Å². The van der Waals surface area contributed by atoms with Crippen LogP contribution in [0.3, 0.4) is 0 Å². The van der Waals surface area contributed by atoms with Gasteiger partial charge in [-0.1, -0.05) is 59.3 Å². The lowest BCUT2D eigenvalue weighted by atomic mass is 9.99. The van der Waals surface area contributed by atoms with E-state index in [0.29, 0.717) is 0 Å². The number of hydrogen-bond donors (Lipinski definition) is 1. The van der Waals surface area contributed by atoms with Gasteiger partial charge in [-0.2, -0.15) is 0 Å². The van der Waals surface area contributed by atoms with Gasteiger partial charge in [-0.25, -0.2) is 0 Å². The van der Waals surface area contributed by atoms with E-state index in [1.54, 1.807) is 0 Å². The van der Waals surface area contributed by atoms with Gasteiger partial charge in [0.1, 0.15) is 0 Å². The molecular formula is C11H24O. The monoisotopic (exact) mass is 172 g/mol. The maximum Gasteiger partial charge on any atom is 0.0479 e. The Morgan fingerprint density at radius 2 is 1.00 bits per heavy atom. The summed E-state index contributed by atoms with van der Waals surface area (Å²) in [7, 11) is 0. The summed E-state index contributed by atoms with van der Waals surface area (Å²) in [5.41, 5.74) is 0.0972. The molecule has 0 bridgehead atoms. The topological polar surface area (TPSA) is 20.2 Å². The molecule has 12 heavy (non-hydrogen) atoms. The van der Waals surface area contributed by atoms with Crippen LogP contribution in [-0.2, 0) is 0 Å². The molecule has 0 atom stereocenters. The average Bonchev–Trinajstić information content (AvgIpc) is 2.07. The van der Waals surface area contributed by atoms with E-state index in [2.05, 4.69) is 0 Å². The standard InChI is InChI=1S/C6H12.C5H12O/c1-2-4-6-5-3-1;1-5(2,3)4-6/h1-6H2;6H,4H2,1-3H3. The molecule has 0 amide bonds. The summed E-state index contributed by atoms with van der Waals surface area (Å²) in [5.74, 6) is 0. The van der Waals surface area contributed by atoms with Gasteiger partial charge in [0, 0.05) is 6.61 Å². The number of hydrogen-bond acceptors (Lipinski definition) is 1. The van der Waals surface area contributed by atoms with Gasteiger partial charge in [0.25, 0.3) is 0 Å². The third-order valence-electron chi connectivity index (χ3n) is 1.97. The van der Waals surface area contributed by atoms with Gasteiger partial charge < -0.3 is 5.11 Å². The van der Waals surface area contributed by atoms with Crippen LogP contribution in [0.25, 0.3) is 0 Å². The molecule has 1 aliphatic rings. The SMILES string of the molecule is C1CCCCC1.CC(C)(C)CO. The fourth-order valence-corrected chi connectivity index (χ4v) is 1.06. The third kappa shape index (κ3) is 9.96. The van der Waals surface area contributed by atoms with Crippen LogP contribution in [0.2, 0.25) is 0 Å². The van der Waals surface area contributed by atoms with Crippen molar-refractivity contribution < 1.29 is 5.11 Å². The van der Waals surface area contributed by atoms with Crippen LogP contribution in [-0.4, -0.2) is 11.7 Å². The van der Waals surface area contributed by atoms with Crippen LogP contribution in [0, 0.1) is 5.41 Å². The minimum atomic E-state index is 0.0972. The number of aliphatic hydroxyl groups excluding tert-OH is 1. The van der Waals surface area contributed by atoms with Gasteiger partial charge >= 0.3 is 0 Å². The Labute approximate surface area is 77.2 Å². The molecule has 74 valence electrons. The zero-order valence-electron chi connectivity index (χ0n) is 8.90. The molecule has 1 rings (SSSR count). The summed E-state index contributed by atoms with van der Waals surface area (Å²) >= 11 is 0. The predicted octanol–water partition coefficient (Wildman–Crippen LogP) is 3.37. The van der Waals surface area contributed by atoms with Gasteiger partial charge in [-0.05, 0) is 5.41 Å². The van der Waals surface area contributed by atoms with Crippen LogP contribution in [0.15, 0.2) is 0 Å². The minimum absolute atomic E-state index is 0.0972. The van der Waals surface area contributed by atoms with Crippen LogP contribution < -0.4 is 0 Å². The molecule has 1 aliphatic carbocycles. The minimum Gasteiger partial charge on any atom is -0.396 e. The molecule has 0 heterocycles. The van der Waals surface area contributed by atoms with Gasteiger partial charge in [0.2, 0.25) is 0 Å². The summed E-state index contributed by atoms with van der Waals surface area (Å²) in [6.07, 6.45) is 9.00. The molecule has 0 saturated heterocycles. The van der Waals surface area contributed by atoms with Crippen molar-refractivity contribution in [2.24, 2.45) is 5.41 Å². The molecule has 0 radical (unpaired) electrons. The van der Waals surface area contributed by atoms with E-state index in [-0.39, 0.29) is 12.0 Å². The third-order valence-corrected chi connectivity index (χ3v) is 1.97. The summed E-state index contributed by atoms with van der Waals surface area (Å²) in [6.45, 7) is 6.25. The zero-order chi connectivity index (χ0) is 9.45. The molecule has 1 nitrogen and oxygen atoms in total. The van der Waals surface area contributed by atoms with E-state index in [0.717, 1.165) is 0 Å². The Morgan fingerprint density at radius 1 is 0.833 bits per heavy atom. The van der Waals surface area contributed by atoms with E-state index in [1.165, 1.54) is 38.5 Å². The Bertz CT molecular complexity index is 76.2. The number of rotatable bonds is 0. The smallest absolute Gasteiger partial charge is 0.0479 e. The summed E-state index contributed by atoms with van der Waals surface area (Å²) in [5, 5.41) is 8.40. The molecule has 1 N–H and O–H groups in total. The van der Waals surface area contributed by atoms with E-state index in [4.69, 9.17) is 5.11 Å². The van der Waals surface area contributed by atoms with Gasteiger partial charge in [0.15, 0.2) is 0 Å². The van der Waals surface area contributed by atoms with Crippen molar-refractivity contribution in [3.63, 3.8) is 0 Å². The first-order chi connectivity index (χ1) is 5.56. The molecule has 0 unspecified atom stereocenters. The summed E-state index contributed by atoms with van der Waals surface area (Å²) in [6, 6.07) is 0. The van der Waals surface area contributed by atoms with Crippen LogP contribution in [0.5, 0.6) is 0 Å². The Hall–Kier alpha value is -0.0400. The Morgan fingerprint density at radius 3 is 1.08 bits per heavy atom. The Kier molecular flexibility index (Phi) is 6.45. The van der Waals surface area contributed by atoms with Crippen LogP contribution in [0.4, 0.5) is 0 Å². The molecule has 1 heteroatoms. The van der Waals surface area contributed by atoms with E-state index < -0.39 is 0 Å². The summed E-state index contributed by atoms with van der Waals surface area (Å²) in [4.78, 5) is 0. The highest BCUT2D eigenvalue weighted by Gasteiger charge is 2.05. The molecule has 0 aromatic heterocycles. The second-order valence-electron chi connectivity index (χ2n) is 4.84. The molecule has 1 fully saturated rings. The fourth-order valence-electron chi connectivity index (χ4n) is 1.06. The molecule has 1 saturated carbocycles. The second-order valence-corrected chi connectivity index (χ2v) is 4.84. The van der Waals surface area contributed by atoms with Crippen molar-refractivity contribution in [2.45, 2.75) is 59.3 Å². The highest BCUT2D eigenvalue weighted by atomic mass is 16.3. The van der Waals surface area contributed by atoms with E-state index >= 15 is 0 Å². The normalized spacial score (nSPS) is 18.0. The highest BCUT2D eigenvalue weighted by Crippen LogP contribution is 2.15. The molecule has 0 spiro atoms. The lowest BCUT2D eigenvalue weighted by Crippen LogP contribution is -2.09. The van der Waals surface area contributed by atoms with Crippen LogP contribution >= 0.6 is 0 Å². The van der Waals surface area contributed by atoms with Crippen molar-refractivity contribution in [2.75, 3.05) is 6.61 Å². The van der Waals surface area contributed by atoms with Gasteiger partial charge in [0.05, 0.1) is 0 Å². The van der Waals surface area contributed by atoms with Gasteiger partial charge in [-0.15, -0.1) is 0 Å². The zero-order valence-corrected chi connectivity index (χ0v) is 8.90. The van der Waals surface area contributed by atoms with E-state index in [1.807, 2.05) is 20.8 Å². The van der Waals surface area contributed by atoms with Crippen LogP contribution in [0.1, 0.15) is 59.3 Å². The highest BCUT2D eigenvalue weighted by molar-refractivity contribution is 4.55. The Balaban J connectivity index is 0.000000202. The number of aliphatic hydroxyl groups is 1. The van der Waals surface area contributed by atoms with Gasteiger partial charge in [-0.3, -0.25) is 0 Å². The first kappa shape index (κ1) is 12.0. The fraction of sp³-hybridized carbons (Fsp3) is 1.00. The van der Waals surface area contributed by atoms with Crippen molar-refractivity contribution in [3.05, 3.63) is 0 Å². The van der Waals surface area contributed by atoms with Crippen molar-refractivity contribution in [1.29, 1.82) is 0 Å². The maximum atomic E-state index is 8.40. The predicted molar refractivity (Wildman–Crippen MR) is 54.2 cm³/mol.